The van der Waals surface area contributed by atoms with Crippen LogP contribution in [0.25, 0.3) is 75.8 Å². The van der Waals surface area contributed by atoms with Crippen molar-refractivity contribution in [2.75, 3.05) is 0 Å². The van der Waals surface area contributed by atoms with Gasteiger partial charge in [-0.05, 0) is 101 Å². The molecular weight excluding hydrogens is 587 g/mol. The first-order valence-corrected chi connectivity index (χ1v) is 16.9. The number of hydrogen-bond donors (Lipinski definition) is 0. The van der Waals surface area contributed by atoms with E-state index in [4.69, 9.17) is 0 Å². The van der Waals surface area contributed by atoms with Crippen molar-refractivity contribution >= 4 is 87.6 Å². The van der Waals surface area contributed by atoms with E-state index in [9.17, 15) is 0 Å². The van der Waals surface area contributed by atoms with E-state index in [-0.39, 0.29) is 17.9 Å². The molecule has 2 amide bonds. The minimum absolute atomic E-state index is 0.204. The Hall–Kier alpha value is -5.80. The van der Waals surface area contributed by atoms with Crippen LogP contribution in [0.15, 0.2) is 133 Å². The first-order valence-electron chi connectivity index (χ1n) is 16.9. The predicted octanol–water partition coefficient (Wildman–Crippen LogP) is 11.1. The molecule has 230 valence electrons. The molecule has 3 nitrogen and oxygen atoms in total. The van der Waals surface area contributed by atoms with E-state index in [1.54, 1.807) is 4.90 Å². The van der Waals surface area contributed by atoms with E-state index in [0.29, 0.717) is 24.0 Å². The lowest BCUT2D eigenvalue weighted by Crippen LogP contribution is -2.40. The zero-order valence-electron chi connectivity index (χ0n) is 27.0. The lowest BCUT2D eigenvalue weighted by atomic mass is 9.85. The molecule has 0 unspecified atom stereocenters. The van der Waals surface area contributed by atoms with Gasteiger partial charge in [0, 0.05) is 6.04 Å². The van der Waals surface area contributed by atoms with Crippen LogP contribution < -0.4 is 0 Å². The SMILES string of the molecule is CCC(CC)N1C(=O)C(c2cc3ccccc3c3ccc4ccccc4c23)=C(c2cc3ccccc3c3ccc4ccccc4c23)C1=O. The summed E-state index contributed by atoms with van der Waals surface area (Å²) in [4.78, 5) is 31.7. The number of imide groups is 1. The normalized spacial score (nSPS) is 13.9. The second-order valence-electron chi connectivity index (χ2n) is 12.9. The van der Waals surface area contributed by atoms with Crippen molar-refractivity contribution in [1.29, 1.82) is 0 Å². The fourth-order valence-corrected chi connectivity index (χ4v) is 8.19. The van der Waals surface area contributed by atoms with Crippen LogP contribution >= 0.6 is 0 Å². The monoisotopic (exact) mass is 619 g/mol. The van der Waals surface area contributed by atoms with Gasteiger partial charge in [0.25, 0.3) is 11.8 Å². The van der Waals surface area contributed by atoms with Gasteiger partial charge in [-0.1, -0.05) is 135 Å². The largest absolute Gasteiger partial charge is 0.271 e. The van der Waals surface area contributed by atoms with Crippen molar-refractivity contribution in [2.45, 2.75) is 32.7 Å². The lowest BCUT2D eigenvalue weighted by Gasteiger charge is -2.25. The number of benzene rings is 8. The molecule has 48 heavy (non-hydrogen) atoms. The lowest BCUT2D eigenvalue weighted by molar-refractivity contribution is -0.138. The van der Waals surface area contributed by atoms with E-state index in [2.05, 4.69) is 123 Å². The Bertz CT molecular complexity index is 2520. The summed E-state index contributed by atoms with van der Waals surface area (Å²) in [5, 5.41) is 12.8. The summed E-state index contributed by atoms with van der Waals surface area (Å²) in [5.74, 6) is -0.426. The number of hydrogen-bond acceptors (Lipinski definition) is 2. The van der Waals surface area contributed by atoms with Crippen molar-refractivity contribution in [2.24, 2.45) is 0 Å². The molecule has 0 aliphatic carbocycles. The third-order valence-corrected chi connectivity index (χ3v) is 10.5. The van der Waals surface area contributed by atoms with Crippen molar-refractivity contribution < 1.29 is 9.59 Å². The standard InChI is InChI=1S/C45H33NO2/c1-3-31(4-2)46-44(47)42(38-25-29-15-7-9-17-32(29)36-23-21-27-13-5-11-19-34(27)40(36)38)43(45(46)48)39-26-30-16-8-10-18-33(30)37-24-22-28-14-6-12-20-35(28)41(37)39/h5-26,31H,3-4H2,1-2H3. The fourth-order valence-electron chi connectivity index (χ4n) is 8.19. The summed E-state index contributed by atoms with van der Waals surface area (Å²) in [6.07, 6.45) is 1.38. The molecule has 0 fully saturated rings. The second-order valence-corrected chi connectivity index (χ2v) is 12.9. The molecule has 8 aromatic rings. The highest BCUT2D eigenvalue weighted by molar-refractivity contribution is 6.52. The van der Waals surface area contributed by atoms with Crippen LogP contribution in [0.1, 0.15) is 37.8 Å². The number of carbonyl (C=O) groups excluding carboxylic acids is 2. The van der Waals surface area contributed by atoms with Crippen LogP contribution in [0.3, 0.4) is 0 Å². The smallest absolute Gasteiger partial charge is 0.262 e. The molecular formula is C45H33NO2. The summed E-state index contributed by atoms with van der Waals surface area (Å²) >= 11 is 0. The van der Waals surface area contributed by atoms with Crippen molar-refractivity contribution in [3.05, 3.63) is 145 Å². The van der Waals surface area contributed by atoms with E-state index in [1.807, 2.05) is 24.3 Å². The molecule has 0 N–H and O–H groups in total. The topological polar surface area (TPSA) is 37.4 Å². The van der Waals surface area contributed by atoms with Gasteiger partial charge >= 0.3 is 0 Å². The van der Waals surface area contributed by atoms with Gasteiger partial charge in [-0.2, -0.15) is 0 Å². The van der Waals surface area contributed by atoms with Gasteiger partial charge in [0.05, 0.1) is 11.1 Å². The fraction of sp³-hybridized carbons (Fsp3) is 0.111. The summed E-state index contributed by atoms with van der Waals surface area (Å²) in [6, 6.07) is 46.1. The van der Waals surface area contributed by atoms with Crippen LogP contribution in [-0.2, 0) is 9.59 Å². The molecule has 3 heteroatoms. The molecule has 1 aliphatic heterocycles. The van der Waals surface area contributed by atoms with Crippen molar-refractivity contribution in [3.8, 4) is 0 Å². The predicted molar refractivity (Wildman–Crippen MR) is 201 cm³/mol. The highest BCUT2D eigenvalue weighted by Crippen LogP contribution is 2.47. The quantitative estimate of drug-likeness (QED) is 0.142. The average molecular weight is 620 g/mol. The van der Waals surface area contributed by atoms with Crippen LogP contribution in [0.2, 0.25) is 0 Å². The van der Waals surface area contributed by atoms with Gasteiger partial charge < -0.3 is 0 Å². The molecule has 0 aromatic heterocycles. The van der Waals surface area contributed by atoms with Gasteiger partial charge in [-0.25, -0.2) is 0 Å². The molecule has 1 heterocycles. The van der Waals surface area contributed by atoms with Gasteiger partial charge in [-0.3, -0.25) is 14.5 Å². The highest BCUT2D eigenvalue weighted by Gasteiger charge is 2.43. The van der Waals surface area contributed by atoms with E-state index >= 15 is 9.59 Å². The molecule has 0 bridgehead atoms. The van der Waals surface area contributed by atoms with Gasteiger partial charge in [0.2, 0.25) is 0 Å². The minimum Gasteiger partial charge on any atom is -0.271 e. The number of rotatable bonds is 5. The summed E-state index contributed by atoms with van der Waals surface area (Å²) in [6.45, 7) is 4.12. The maximum absolute atomic E-state index is 15.1. The van der Waals surface area contributed by atoms with Crippen molar-refractivity contribution in [1.82, 2.24) is 4.90 Å². The number of amides is 2. The molecule has 9 rings (SSSR count). The molecule has 0 atom stereocenters. The first kappa shape index (κ1) is 28.4. The zero-order valence-corrected chi connectivity index (χ0v) is 27.0. The third-order valence-electron chi connectivity index (χ3n) is 10.5. The van der Waals surface area contributed by atoms with Crippen LogP contribution in [-0.4, -0.2) is 22.8 Å². The highest BCUT2D eigenvalue weighted by atomic mass is 16.2. The average Bonchev–Trinajstić information content (AvgIpc) is 3.39. The summed E-state index contributed by atoms with van der Waals surface area (Å²) in [5.41, 5.74) is 2.60. The van der Waals surface area contributed by atoms with E-state index < -0.39 is 0 Å². The number of nitrogens with zero attached hydrogens (tertiary/aromatic N) is 1. The molecule has 1 aliphatic rings. The van der Waals surface area contributed by atoms with Gasteiger partial charge in [0.15, 0.2) is 0 Å². The van der Waals surface area contributed by atoms with Gasteiger partial charge in [0.1, 0.15) is 0 Å². The number of carbonyl (C=O) groups is 2. The summed E-state index contributed by atoms with van der Waals surface area (Å²) < 4.78 is 0. The maximum atomic E-state index is 15.1. The zero-order chi connectivity index (χ0) is 32.5. The summed E-state index contributed by atoms with van der Waals surface area (Å²) in [7, 11) is 0. The Morgan fingerprint density at radius 1 is 0.438 bits per heavy atom. The van der Waals surface area contributed by atoms with Crippen molar-refractivity contribution in [3.63, 3.8) is 0 Å². The van der Waals surface area contributed by atoms with E-state index in [1.165, 1.54) is 0 Å². The van der Waals surface area contributed by atoms with Crippen LogP contribution in [0.4, 0.5) is 0 Å². The second kappa shape index (κ2) is 10.9. The Balaban J connectivity index is 1.51. The van der Waals surface area contributed by atoms with Crippen LogP contribution in [0.5, 0.6) is 0 Å². The van der Waals surface area contributed by atoms with Crippen LogP contribution in [0, 0.1) is 0 Å². The Morgan fingerprint density at radius 3 is 1.23 bits per heavy atom. The van der Waals surface area contributed by atoms with E-state index in [0.717, 1.165) is 75.8 Å². The first-order chi connectivity index (χ1) is 23.6. The minimum atomic E-state index is -0.213. The number of fused-ring (bicyclic) bond motifs is 10. The molecule has 0 saturated heterocycles. The molecule has 8 aromatic carbocycles. The molecule has 0 radical (unpaired) electrons. The molecule has 0 spiro atoms. The Kier molecular flexibility index (Phi) is 6.45. The van der Waals surface area contributed by atoms with Gasteiger partial charge in [-0.15, -0.1) is 0 Å². The maximum Gasteiger partial charge on any atom is 0.262 e. The Labute approximate surface area is 278 Å². The molecule has 0 saturated carbocycles. The third kappa shape index (κ3) is 4.00. The Morgan fingerprint density at radius 2 is 0.812 bits per heavy atom.